The summed E-state index contributed by atoms with van der Waals surface area (Å²) in [5, 5.41) is 10.8. The highest BCUT2D eigenvalue weighted by Gasteiger charge is 2.25. The minimum atomic E-state index is -0.469. The third-order valence-electron chi connectivity index (χ3n) is 2.13. The van der Waals surface area contributed by atoms with Gasteiger partial charge in [-0.3, -0.25) is 4.79 Å². The Balaban J connectivity index is 2.37. The zero-order chi connectivity index (χ0) is 10.7. The van der Waals surface area contributed by atoms with Crippen molar-refractivity contribution in [1.82, 2.24) is 0 Å². The van der Waals surface area contributed by atoms with Gasteiger partial charge < -0.3 is 9.52 Å². The Kier molecular flexibility index (Phi) is 2.99. The summed E-state index contributed by atoms with van der Waals surface area (Å²) in [7, 11) is 0. The molecule has 1 atom stereocenters. The molecule has 0 aliphatic carbocycles. The van der Waals surface area contributed by atoms with Gasteiger partial charge in [0, 0.05) is 4.88 Å². The lowest BCUT2D eigenvalue weighted by Crippen LogP contribution is -2.15. The lowest BCUT2D eigenvalue weighted by atomic mass is 10.00. The topological polar surface area (TPSA) is 50.4 Å². The number of rotatable bonds is 4. The van der Waals surface area contributed by atoms with Crippen LogP contribution in [0.25, 0.3) is 0 Å². The summed E-state index contributed by atoms with van der Waals surface area (Å²) < 4.78 is 5.22. The molecule has 0 aliphatic rings. The lowest BCUT2D eigenvalue weighted by Gasteiger charge is -2.09. The minimum Gasteiger partial charge on any atom is -0.468 e. The van der Waals surface area contributed by atoms with Crippen LogP contribution in [0.3, 0.4) is 0 Å². The van der Waals surface area contributed by atoms with Crippen LogP contribution in [0.5, 0.6) is 0 Å². The van der Waals surface area contributed by atoms with Crippen LogP contribution in [0.4, 0.5) is 0 Å². The number of furan rings is 1. The van der Waals surface area contributed by atoms with E-state index in [2.05, 4.69) is 0 Å². The van der Waals surface area contributed by atoms with E-state index in [-0.39, 0.29) is 5.78 Å². The maximum absolute atomic E-state index is 11.6. The Hall–Kier alpha value is -1.39. The molecule has 4 heteroatoms. The van der Waals surface area contributed by atoms with Crippen molar-refractivity contribution in [2.24, 2.45) is 0 Å². The van der Waals surface area contributed by atoms with Crippen molar-refractivity contribution in [1.29, 1.82) is 0 Å². The highest BCUT2D eigenvalue weighted by Crippen LogP contribution is 2.29. The van der Waals surface area contributed by atoms with E-state index in [0.717, 1.165) is 4.88 Å². The summed E-state index contributed by atoms with van der Waals surface area (Å²) in [6.07, 6.45) is 1.53. The number of hydrogen-bond donors (Lipinski definition) is 1. The van der Waals surface area contributed by atoms with Gasteiger partial charge in [0.1, 0.15) is 18.3 Å². The number of aliphatic hydroxyl groups is 1. The van der Waals surface area contributed by atoms with E-state index >= 15 is 0 Å². The third kappa shape index (κ3) is 2.00. The van der Waals surface area contributed by atoms with Crippen LogP contribution in [-0.4, -0.2) is 17.5 Å². The molecule has 0 amide bonds. The Morgan fingerprint density at radius 1 is 1.47 bits per heavy atom. The normalized spacial score (nSPS) is 12.6. The van der Waals surface area contributed by atoms with Crippen molar-refractivity contribution in [3.05, 3.63) is 46.5 Å². The number of Topliss-reactive ketones (excluding diaryl/α,β-unsaturated/α-hetero) is 1. The van der Waals surface area contributed by atoms with E-state index in [4.69, 9.17) is 9.52 Å². The zero-order valence-electron chi connectivity index (χ0n) is 7.92. The van der Waals surface area contributed by atoms with Crippen molar-refractivity contribution >= 4 is 17.1 Å². The molecular weight excluding hydrogens is 212 g/mol. The second-order valence-corrected chi connectivity index (χ2v) is 4.07. The van der Waals surface area contributed by atoms with Crippen LogP contribution in [0.2, 0.25) is 0 Å². The maximum Gasteiger partial charge on any atom is 0.174 e. The summed E-state index contributed by atoms with van der Waals surface area (Å²) in [5.74, 6) is -0.131. The zero-order valence-corrected chi connectivity index (χ0v) is 8.74. The van der Waals surface area contributed by atoms with Gasteiger partial charge in [0.2, 0.25) is 0 Å². The predicted octanol–water partition coefficient (Wildman–Crippen LogP) is 2.03. The first-order chi connectivity index (χ1) is 7.33. The third-order valence-corrected chi connectivity index (χ3v) is 3.07. The van der Waals surface area contributed by atoms with Crippen LogP contribution in [0, 0.1) is 0 Å². The Bertz CT molecular complexity index is 382. The number of thiophene rings is 1. The fourth-order valence-corrected chi connectivity index (χ4v) is 2.31. The van der Waals surface area contributed by atoms with E-state index < -0.39 is 12.5 Å². The molecule has 2 rings (SSSR count). The van der Waals surface area contributed by atoms with Gasteiger partial charge in [0.25, 0.3) is 0 Å². The fraction of sp³-hybridized carbons (Fsp3) is 0.182. The average Bonchev–Trinajstić information content (AvgIpc) is 2.90. The van der Waals surface area contributed by atoms with E-state index in [1.807, 2.05) is 17.5 Å². The molecule has 0 bridgehead atoms. The quantitative estimate of drug-likeness (QED) is 0.861. The lowest BCUT2D eigenvalue weighted by molar-refractivity contribution is -0.122. The Labute approximate surface area is 91.0 Å². The van der Waals surface area contributed by atoms with Crippen LogP contribution in [0.1, 0.15) is 16.6 Å². The molecule has 0 fully saturated rings. The van der Waals surface area contributed by atoms with Crippen LogP contribution < -0.4 is 0 Å². The maximum atomic E-state index is 11.6. The molecule has 1 N–H and O–H groups in total. The molecule has 0 spiro atoms. The van der Waals surface area contributed by atoms with Crippen LogP contribution in [-0.2, 0) is 4.79 Å². The van der Waals surface area contributed by atoms with Crippen molar-refractivity contribution in [3.63, 3.8) is 0 Å². The molecule has 0 aliphatic heterocycles. The summed E-state index contributed by atoms with van der Waals surface area (Å²) in [6.45, 7) is -0.469. The van der Waals surface area contributed by atoms with Gasteiger partial charge in [-0.15, -0.1) is 11.3 Å². The van der Waals surface area contributed by atoms with Gasteiger partial charge in [-0.2, -0.15) is 0 Å². The predicted molar refractivity (Wildman–Crippen MR) is 57.0 cm³/mol. The second kappa shape index (κ2) is 4.42. The van der Waals surface area contributed by atoms with E-state index in [9.17, 15) is 4.79 Å². The summed E-state index contributed by atoms with van der Waals surface area (Å²) >= 11 is 1.48. The van der Waals surface area contributed by atoms with Gasteiger partial charge in [-0.25, -0.2) is 0 Å². The average molecular weight is 222 g/mol. The molecule has 0 saturated carbocycles. The molecule has 3 nitrogen and oxygen atoms in total. The fourth-order valence-electron chi connectivity index (χ4n) is 1.46. The molecule has 2 aromatic rings. The molecule has 1 unspecified atom stereocenters. The second-order valence-electron chi connectivity index (χ2n) is 3.09. The first kappa shape index (κ1) is 10.1. The van der Waals surface area contributed by atoms with Gasteiger partial charge >= 0.3 is 0 Å². The van der Waals surface area contributed by atoms with Crippen molar-refractivity contribution in [2.45, 2.75) is 5.92 Å². The summed E-state index contributed by atoms with van der Waals surface area (Å²) in [4.78, 5) is 12.5. The number of aliphatic hydroxyl groups excluding tert-OH is 1. The van der Waals surface area contributed by atoms with Crippen molar-refractivity contribution in [2.75, 3.05) is 6.61 Å². The van der Waals surface area contributed by atoms with Crippen molar-refractivity contribution < 1.29 is 14.3 Å². The van der Waals surface area contributed by atoms with Gasteiger partial charge in [-0.05, 0) is 23.6 Å². The first-order valence-electron chi connectivity index (χ1n) is 4.53. The SMILES string of the molecule is O=C(CO)C(c1ccco1)c1cccs1. The molecule has 0 aromatic carbocycles. The summed E-state index contributed by atoms with van der Waals surface area (Å²) in [5.41, 5.74) is 0. The smallest absolute Gasteiger partial charge is 0.174 e. The van der Waals surface area contributed by atoms with Crippen LogP contribution >= 0.6 is 11.3 Å². The molecule has 2 heterocycles. The van der Waals surface area contributed by atoms with E-state index in [1.165, 1.54) is 17.6 Å². The molecule has 15 heavy (non-hydrogen) atoms. The number of carbonyl (C=O) groups is 1. The van der Waals surface area contributed by atoms with Gasteiger partial charge in [0.15, 0.2) is 5.78 Å². The highest BCUT2D eigenvalue weighted by molar-refractivity contribution is 7.10. The van der Waals surface area contributed by atoms with Gasteiger partial charge in [-0.1, -0.05) is 6.07 Å². The van der Waals surface area contributed by atoms with Crippen LogP contribution in [0.15, 0.2) is 40.3 Å². The largest absolute Gasteiger partial charge is 0.468 e. The monoisotopic (exact) mass is 222 g/mol. The first-order valence-corrected chi connectivity index (χ1v) is 5.41. The van der Waals surface area contributed by atoms with Gasteiger partial charge in [0.05, 0.1) is 6.26 Å². The summed E-state index contributed by atoms with van der Waals surface area (Å²) in [6, 6.07) is 7.23. The van der Waals surface area contributed by atoms with Crippen molar-refractivity contribution in [3.8, 4) is 0 Å². The molecule has 2 aromatic heterocycles. The molecule has 78 valence electrons. The Morgan fingerprint density at radius 3 is 2.87 bits per heavy atom. The molecular formula is C11H10O3S. The minimum absolute atomic E-state index is 0.243. The Morgan fingerprint density at radius 2 is 2.33 bits per heavy atom. The number of carbonyl (C=O) groups excluding carboxylic acids is 1. The standard InChI is InChI=1S/C11H10O3S/c12-7-8(13)11(9-3-1-5-14-9)10-4-2-6-15-10/h1-6,11-12H,7H2. The molecule has 0 radical (unpaired) electrons. The number of hydrogen-bond acceptors (Lipinski definition) is 4. The van der Waals surface area contributed by atoms with E-state index in [0.29, 0.717) is 5.76 Å². The van der Waals surface area contributed by atoms with E-state index in [1.54, 1.807) is 12.1 Å². The molecule has 0 saturated heterocycles. The number of ketones is 1. The highest BCUT2D eigenvalue weighted by atomic mass is 32.1.